The summed E-state index contributed by atoms with van der Waals surface area (Å²) >= 11 is 0. The Kier molecular flexibility index (Phi) is 9.52. The van der Waals surface area contributed by atoms with Gasteiger partial charge in [0.15, 0.2) is 5.85 Å². The zero-order valence-corrected chi connectivity index (χ0v) is 26.3. The Morgan fingerprint density at radius 3 is 1.79 bits per heavy atom. The number of carbonyl (C=O) groups is 2. The van der Waals surface area contributed by atoms with Gasteiger partial charge in [-0.25, -0.2) is 9.59 Å². The van der Waals surface area contributed by atoms with Gasteiger partial charge in [0, 0.05) is 12.3 Å². The molecule has 0 radical (unpaired) electrons. The van der Waals surface area contributed by atoms with E-state index in [1.807, 2.05) is 48.5 Å². The highest BCUT2D eigenvalue weighted by atomic mass is 31.2. The summed E-state index contributed by atoms with van der Waals surface area (Å²) in [6.07, 6.45) is -0.870. The molecule has 230 valence electrons. The molecular weight excluding hydrogens is 569 g/mol. The first kappa shape index (κ1) is 32.4. The fourth-order valence-electron chi connectivity index (χ4n) is 5.11. The lowest BCUT2D eigenvalue weighted by Gasteiger charge is -2.34. The van der Waals surface area contributed by atoms with Crippen LogP contribution in [0.3, 0.4) is 0 Å². The normalized spacial score (nSPS) is 14.9. The quantitative estimate of drug-likeness (QED) is 0.209. The number of alkyl carbamates (subject to hydrolysis) is 1. The molecule has 3 N–H and O–H groups in total. The van der Waals surface area contributed by atoms with Crippen LogP contribution in [0.25, 0.3) is 11.1 Å². The minimum Gasteiger partial charge on any atom is -0.480 e. The largest absolute Gasteiger partial charge is 0.480 e. The molecule has 1 aliphatic rings. The number of benzene rings is 3. The highest BCUT2D eigenvalue weighted by Crippen LogP contribution is 2.63. The monoisotopic (exact) mass is 609 g/mol. The number of carboxylic acids is 1. The number of carboxylic acid groups (broad SMARTS) is 1. The number of amides is 1. The number of fused-ring (bicyclic) bond motifs is 3. The Bertz CT molecular complexity index is 1440. The number of aliphatic carboxylic acids is 1. The summed E-state index contributed by atoms with van der Waals surface area (Å²) in [6, 6.07) is 20.9. The van der Waals surface area contributed by atoms with E-state index in [0.717, 1.165) is 22.3 Å². The van der Waals surface area contributed by atoms with Crippen molar-refractivity contribution in [2.75, 3.05) is 6.61 Å². The van der Waals surface area contributed by atoms with Gasteiger partial charge >= 0.3 is 19.7 Å². The summed E-state index contributed by atoms with van der Waals surface area (Å²) in [4.78, 5) is 24.7. The molecule has 1 aliphatic carbocycles. The maximum atomic E-state index is 13.7. The van der Waals surface area contributed by atoms with E-state index in [0.29, 0.717) is 5.56 Å². The average Bonchev–Trinajstić information content (AvgIpc) is 3.23. The van der Waals surface area contributed by atoms with Crippen molar-refractivity contribution in [2.24, 2.45) is 0 Å². The minimum atomic E-state index is -4.02. The molecule has 2 unspecified atom stereocenters. The van der Waals surface area contributed by atoms with E-state index < -0.39 is 42.7 Å². The Hall–Kier alpha value is -3.49. The van der Waals surface area contributed by atoms with Crippen molar-refractivity contribution in [3.8, 4) is 11.1 Å². The second-order valence-electron chi connectivity index (χ2n) is 12.6. The summed E-state index contributed by atoms with van der Waals surface area (Å²) in [5.74, 6) is -2.94. The Balaban J connectivity index is 1.41. The predicted octanol–water partition coefficient (Wildman–Crippen LogP) is 7.04. The van der Waals surface area contributed by atoms with E-state index in [9.17, 15) is 24.4 Å². The van der Waals surface area contributed by atoms with Crippen molar-refractivity contribution in [2.45, 2.75) is 77.0 Å². The van der Waals surface area contributed by atoms with Crippen LogP contribution in [0, 0.1) is 0 Å². The van der Waals surface area contributed by atoms with Gasteiger partial charge in [-0.15, -0.1) is 0 Å². The molecule has 43 heavy (non-hydrogen) atoms. The van der Waals surface area contributed by atoms with Crippen molar-refractivity contribution in [1.29, 1.82) is 0 Å². The molecule has 0 bridgehead atoms. The topological polar surface area (TPSA) is 131 Å². The Labute approximate surface area is 252 Å². The van der Waals surface area contributed by atoms with Gasteiger partial charge in [-0.1, -0.05) is 72.8 Å². The molecule has 10 heteroatoms. The van der Waals surface area contributed by atoms with Gasteiger partial charge in [0.05, 0.1) is 11.2 Å². The van der Waals surface area contributed by atoms with Crippen molar-refractivity contribution >= 4 is 19.7 Å². The molecule has 0 aliphatic heterocycles. The van der Waals surface area contributed by atoms with Gasteiger partial charge in [-0.05, 0) is 74.9 Å². The molecular formula is C33H40NO8P. The number of hydrogen-bond acceptors (Lipinski definition) is 7. The summed E-state index contributed by atoms with van der Waals surface area (Å²) < 4.78 is 30.7. The first-order chi connectivity index (χ1) is 20.1. The van der Waals surface area contributed by atoms with Gasteiger partial charge in [-0.3, -0.25) is 4.57 Å². The molecule has 0 spiro atoms. The predicted molar refractivity (Wildman–Crippen MR) is 164 cm³/mol. The number of hydrogen-bond donors (Lipinski definition) is 3. The first-order valence-corrected chi connectivity index (χ1v) is 15.8. The summed E-state index contributed by atoms with van der Waals surface area (Å²) in [5, 5.41) is 23.3. The molecule has 9 nitrogen and oxygen atoms in total. The zero-order chi connectivity index (χ0) is 31.6. The van der Waals surface area contributed by atoms with Crippen LogP contribution >= 0.6 is 7.60 Å². The van der Waals surface area contributed by atoms with Crippen LogP contribution in [0.15, 0.2) is 72.8 Å². The van der Waals surface area contributed by atoms with Crippen LogP contribution in [-0.2, 0) is 29.6 Å². The second-order valence-corrected chi connectivity index (χ2v) is 14.6. The fraction of sp³-hybridized carbons (Fsp3) is 0.394. The molecule has 0 heterocycles. The SMILES string of the molecule is CC(C)(C)OP(=O)(OC(C)(C)C)C(O)c1ccc(CC(NC(=O)OCC2c3ccccc3-c3ccccc32)C(=O)O)cc1. The van der Waals surface area contributed by atoms with Gasteiger partial charge in [0.2, 0.25) is 0 Å². The fourth-order valence-corrected chi connectivity index (χ4v) is 7.41. The Morgan fingerprint density at radius 2 is 1.33 bits per heavy atom. The lowest BCUT2D eigenvalue weighted by molar-refractivity contribution is -0.139. The number of rotatable bonds is 10. The van der Waals surface area contributed by atoms with E-state index >= 15 is 0 Å². The van der Waals surface area contributed by atoms with Crippen molar-refractivity contribution in [3.63, 3.8) is 0 Å². The molecule has 2 atom stereocenters. The van der Waals surface area contributed by atoms with Gasteiger partial charge < -0.3 is 29.3 Å². The lowest BCUT2D eigenvalue weighted by Crippen LogP contribution is -2.42. The van der Waals surface area contributed by atoms with Crippen LogP contribution in [0.1, 0.15) is 75.6 Å². The van der Waals surface area contributed by atoms with Crippen molar-refractivity contribution in [3.05, 3.63) is 95.1 Å². The van der Waals surface area contributed by atoms with Crippen LogP contribution < -0.4 is 5.32 Å². The number of nitrogens with one attached hydrogen (secondary N) is 1. The van der Waals surface area contributed by atoms with E-state index in [2.05, 4.69) is 5.32 Å². The third kappa shape index (κ3) is 8.12. The number of ether oxygens (including phenoxy) is 1. The summed E-state index contributed by atoms with van der Waals surface area (Å²) in [6.45, 7) is 10.4. The van der Waals surface area contributed by atoms with E-state index in [-0.39, 0.29) is 24.5 Å². The maximum absolute atomic E-state index is 13.7. The molecule has 0 saturated carbocycles. The molecule has 0 saturated heterocycles. The molecule has 0 fully saturated rings. The summed E-state index contributed by atoms with van der Waals surface area (Å²) in [5.41, 5.74) is 3.47. The van der Waals surface area contributed by atoms with Crippen molar-refractivity contribution in [1.82, 2.24) is 5.32 Å². The molecule has 0 aromatic heterocycles. The van der Waals surface area contributed by atoms with Gasteiger partial charge in [-0.2, -0.15) is 0 Å². The smallest absolute Gasteiger partial charge is 0.407 e. The van der Waals surface area contributed by atoms with Gasteiger partial charge in [0.1, 0.15) is 12.6 Å². The Morgan fingerprint density at radius 1 is 0.837 bits per heavy atom. The van der Waals surface area contributed by atoms with E-state index in [1.165, 1.54) is 12.1 Å². The zero-order valence-electron chi connectivity index (χ0n) is 25.4. The van der Waals surface area contributed by atoms with Crippen LogP contribution in [0.5, 0.6) is 0 Å². The second kappa shape index (κ2) is 12.6. The number of aliphatic hydroxyl groups is 1. The standard InChI is InChI=1S/C33H40NO8P/c1-32(2,3)41-43(39,42-33(4,5)6)30(37)22-17-15-21(16-18-22)19-28(29(35)36)34-31(38)40-20-27-25-13-9-7-11-23(25)24-12-8-10-14-26(24)27/h7-18,27-28,30,37H,19-20H2,1-6H3,(H,34,38)(H,35,36). The number of carbonyl (C=O) groups excluding carboxylic acids is 1. The molecule has 1 amide bonds. The van der Waals surface area contributed by atoms with Crippen LogP contribution in [-0.4, -0.2) is 46.1 Å². The molecule has 4 rings (SSSR count). The number of aliphatic hydroxyl groups excluding tert-OH is 1. The van der Waals surface area contributed by atoms with Crippen molar-refractivity contribution < 1.29 is 38.2 Å². The molecule has 3 aromatic rings. The maximum Gasteiger partial charge on any atom is 0.407 e. The third-order valence-electron chi connectivity index (χ3n) is 6.75. The first-order valence-electron chi connectivity index (χ1n) is 14.2. The molecule has 3 aromatic carbocycles. The van der Waals surface area contributed by atoms with Crippen LogP contribution in [0.2, 0.25) is 0 Å². The summed E-state index contributed by atoms with van der Waals surface area (Å²) in [7, 11) is -4.02. The van der Waals surface area contributed by atoms with Gasteiger partial charge in [0.25, 0.3) is 0 Å². The van der Waals surface area contributed by atoms with E-state index in [4.69, 9.17) is 13.8 Å². The highest BCUT2D eigenvalue weighted by Gasteiger charge is 2.43. The minimum absolute atomic E-state index is 0.0372. The third-order valence-corrected chi connectivity index (χ3v) is 9.25. The lowest BCUT2D eigenvalue weighted by atomic mass is 9.98. The van der Waals surface area contributed by atoms with Crippen LogP contribution in [0.4, 0.5) is 4.79 Å². The average molecular weight is 610 g/mol. The highest BCUT2D eigenvalue weighted by molar-refractivity contribution is 7.54. The van der Waals surface area contributed by atoms with E-state index in [1.54, 1.807) is 53.7 Å².